The van der Waals surface area contributed by atoms with E-state index in [4.69, 9.17) is 0 Å². The Labute approximate surface area is 111 Å². The lowest BCUT2D eigenvalue weighted by atomic mass is 9.91. The van der Waals surface area contributed by atoms with E-state index in [1.807, 2.05) is 6.92 Å². The predicted molar refractivity (Wildman–Crippen MR) is 74.5 cm³/mol. The van der Waals surface area contributed by atoms with Crippen molar-refractivity contribution in [2.45, 2.75) is 38.6 Å². The van der Waals surface area contributed by atoms with E-state index in [1.165, 1.54) is 12.8 Å². The molecule has 1 heterocycles. The molecule has 2 fully saturated rings. The van der Waals surface area contributed by atoms with Gasteiger partial charge in [-0.3, -0.25) is 4.90 Å². The second-order valence-corrected chi connectivity index (χ2v) is 8.25. The van der Waals surface area contributed by atoms with Crippen molar-refractivity contribution in [3.63, 3.8) is 0 Å². The van der Waals surface area contributed by atoms with Gasteiger partial charge in [-0.15, -0.1) is 0 Å². The Morgan fingerprint density at radius 2 is 2.06 bits per heavy atom. The molecule has 0 spiro atoms. The molecular formula is C13H26N2O2S. The first-order valence-electron chi connectivity index (χ1n) is 7.14. The van der Waals surface area contributed by atoms with Gasteiger partial charge >= 0.3 is 0 Å². The van der Waals surface area contributed by atoms with E-state index >= 15 is 0 Å². The summed E-state index contributed by atoms with van der Waals surface area (Å²) >= 11 is 0. The molecule has 1 aliphatic carbocycles. The molecule has 0 amide bonds. The van der Waals surface area contributed by atoms with Crippen LogP contribution in [-0.2, 0) is 9.84 Å². The van der Waals surface area contributed by atoms with E-state index in [-0.39, 0.29) is 5.54 Å². The zero-order valence-corrected chi connectivity index (χ0v) is 12.4. The van der Waals surface area contributed by atoms with Crippen molar-refractivity contribution < 1.29 is 8.42 Å². The molecule has 0 aromatic carbocycles. The summed E-state index contributed by atoms with van der Waals surface area (Å²) in [5.41, 5.74) is 0.181. The van der Waals surface area contributed by atoms with Gasteiger partial charge in [0.15, 0.2) is 9.84 Å². The summed E-state index contributed by atoms with van der Waals surface area (Å²) in [4.78, 5) is 2.41. The molecule has 0 radical (unpaired) electrons. The number of sulfone groups is 1. The molecule has 1 aliphatic heterocycles. The van der Waals surface area contributed by atoms with Gasteiger partial charge in [0.2, 0.25) is 0 Å². The van der Waals surface area contributed by atoms with Crippen LogP contribution in [0.4, 0.5) is 0 Å². The minimum absolute atomic E-state index is 0.181. The predicted octanol–water partition coefficient (Wildman–Crippen LogP) is 0.885. The van der Waals surface area contributed by atoms with Gasteiger partial charge in [0.1, 0.15) is 0 Å². The van der Waals surface area contributed by atoms with Crippen LogP contribution in [0, 0.1) is 5.92 Å². The van der Waals surface area contributed by atoms with Crippen LogP contribution in [0.3, 0.4) is 0 Å². The molecule has 2 rings (SSSR count). The number of nitrogens with one attached hydrogen (secondary N) is 1. The molecule has 2 aliphatic rings. The second-order valence-electron chi connectivity index (χ2n) is 5.95. The van der Waals surface area contributed by atoms with Crippen LogP contribution in [0.15, 0.2) is 0 Å². The van der Waals surface area contributed by atoms with Crippen LogP contribution in [0.25, 0.3) is 0 Å². The van der Waals surface area contributed by atoms with Crippen molar-refractivity contribution in [2.75, 3.05) is 37.7 Å². The van der Waals surface area contributed by atoms with E-state index in [0.717, 1.165) is 32.0 Å². The monoisotopic (exact) mass is 274 g/mol. The standard InChI is InChI=1S/C13H26N2O2S/c1-3-9-18(16,17)10-8-15-7-6-14-11-13(15,2)12-4-5-12/h12,14H,3-11H2,1-2H3. The van der Waals surface area contributed by atoms with Crippen molar-refractivity contribution in [3.05, 3.63) is 0 Å². The largest absolute Gasteiger partial charge is 0.314 e. The Kier molecular flexibility index (Phi) is 4.34. The van der Waals surface area contributed by atoms with Crippen molar-refractivity contribution in [3.8, 4) is 0 Å². The molecule has 18 heavy (non-hydrogen) atoms. The highest BCUT2D eigenvalue weighted by Gasteiger charge is 2.46. The van der Waals surface area contributed by atoms with E-state index in [1.54, 1.807) is 0 Å². The van der Waals surface area contributed by atoms with Crippen molar-refractivity contribution in [1.29, 1.82) is 0 Å². The molecule has 1 atom stereocenters. The summed E-state index contributed by atoms with van der Waals surface area (Å²) in [6.45, 7) is 7.90. The van der Waals surface area contributed by atoms with Gasteiger partial charge in [0.25, 0.3) is 0 Å². The van der Waals surface area contributed by atoms with Gasteiger partial charge in [0.05, 0.1) is 5.75 Å². The highest BCUT2D eigenvalue weighted by Crippen LogP contribution is 2.43. The third kappa shape index (κ3) is 3.25. The molecule has 1 saturated heterocycles. The Morgan fingerprint density at radius 3 is 2.67 bits per heavy atom. The topological polar surface area (TPSA) is 49.4 Å². The first kappa shape index (κ1) is 14.3. The van der Waals surface area contributed by atoms with Gasteiger partial charge < -0.3 is 5.32 Å². The lowest BCUT2D eigenvalue weighted by Crippen LogP contribution is -2.61. The van der Waals surface area contributed by atoms with Crippen LogP contribution in [0.5, 0.6) is 0 Å². The first-order chi connectivity index (χ1) is 8.48. The average molecular weight is 274 g/mol. The minimum Gasteiger partial charge on any atom is -0.314 e. The molecule has 5 heteroatoms. The van der Waals surface area contributed by atoms with Crippen LogP contribution in [0.1, 0.15) is 33.1 Å². The summed E-state index contributed by atoms with van der Waals surface area (Å²) < 4.78 is 23.7. The normalized spacial score (nSPS) is 30.6. The summed E-state index contributed by atoms with van der Waals surface area (Å²) in [5, 5.41) is 3.46. The van der Waals surface area contributed by atoms with Crippen molar-refractivity contribution in [2.24, 2.45) is 5.92 Å². The van der Waals surface area contributed by atoms with Crippen molar-refractivity contribution in [1.82, 2.24) is 10.2 Å². The average Bonchev–Trinajstić information content (AvgIpc) is 3.12. The molecule has 1 saturated carbocycles. The molecular weight excluding hydrogens is 248 g/mol. The second kappa shape index (κ2) is 5.47. The zero-order valence-electron chi connectivity index (χ0n) is 11.6. The molecule has 1 N–H and O–H groups in total. The van der Waals surface area contributed by atoms with Gasteiger partial charge in [-0.25, -0.2) is 8.42 Å². The van der Waals surface area contributed by atoms with Crippen molar-refractivity contribution >= 4 is 9.84 Å². The summed E-state index contributed by atoms with van der Waals surface area (Å²) in [7, 11) is -2.85. The molecule has 4 nitrogen and oxygen atoms in total. The third-order valence-electron chi connectivity index (χ3n) is 4.41. The maximum Gasteiger partial charge on any atom is 0.151 e. The Hall–Kier alpha value is -0.130. The fourth-order valence-corrected chi connectivity index (χ4v) is 4.38. The van der Waals surface area contributed by atoms with Gasteiger partial charge in [-0.1, -0.05) is 6.92 Å². The first-order valence-corrected chi connectivity index (χ1v) is 8.96. The van der Waals surface area contributed by atoms with Gasteiger partial charge in [-0.2, -0.15) is 0 Å². The number of hydrogen-bond donors (Lipinski definition) is 1. The quantitative estimate of drug-likeness (QED) is 0.781. The Balaban J connectivity index is 1.94. The fraction of sp³-hybridized carbons (Fsp3) is 1.00. The van der Waals surface area contributed by atoms with E-state index < -0.39 is 9.84 Å². The summed E-state index contributed by atoms with van der Waals surface area (Å²) in [5.74, 6) is 1.42. The van der Waals surface area contributed by atoms with Crippen LogP contribution >= 0.6 is 0 Å². The molecule has 0 bridgehead atoms. The fourth-order valence-electron chi connectivity index (χ4n) is 3.06. The van der Waals surface area contributed by atoms with Gasteiger partial charge in [0, 0.05) is 37.5 Å². The number of piperazine rings is 1. The number of rotatable bonds is 6. The maximum absolute atomic E-state index is 11.8. The maximum atomic E-state index is 11.8. The molecule has 1 unspecified atom stereocenters. The Morgan fingerprint density at radius 1 is 1.33 bits per heavy atom. The molecule has 106 valence electrons. The van der Waals surface area contributed by atoms with Crippen LogP contribution in [-0.4, -0.2) is 56.5 Å². The molecule has 0 aromatic heterocycles. The SMILES string of the molecule is CCCS(=O)(=O)CCN1CCNCC1(C)C1CC1. The highest BCUT2D eigenvalue weighted by molar-refractivity contribution is 7.91. The third-order valence-corrected chi connectivity index (χ3v) is 6.24. The van der Waals surface area contributed by atoms with Crippen LogP contribution < -0.4 is 5.32 Å². The minimum atomic E-state index is -2.85. The Bertz CT molecular complexity index is 378. The molecule has 0 aromatic rings. The van der Waals surface area contributed by atoms with E-state index in [2.05, 4.69) is 17.1 Å². The number of hydrogen-bond acceptors (Lipinski definition) is 4. The highest BCUT2D eigenvalue weighted by atomic mass is 32.2. The lowest BCUT2D eigenvalue weighted by Gasteiger charge is -2.46. The smallest absolute Gasteiger partial charge is 0.151 e. The number of nitrogens with zero attached hydrogens (tertiary/aromatic N) is 1. The van der Waals surface area contributed by atoms with Crippen LogP contribution in [0.2, 0.25) is 0 Å². The van der Waals surface area contributed by atoms with Gasteiger partial charge in [-0.05, 0) is 32.1 Å². The van der Waals surface area contributed by atoms with E-state index in [9.17, 15) is 8.42 Å². The summed E-state index contributed by atoms with van der Waals surface area (Å²) in [6, 6.07) is 0. The lowest BCUT2D eigenvalue weighted by molar-refractivity contribution is 0.0622. The van der Waals surface area contributed by atoms with E-state index in [0.29, 0.717) is 18.1 Å². The summed E-state index contributed by atoms with van der Waals surface area (Å²) in [6.07, 6.45) is 3.33. The zero-order chi connectivity index (χ0) is 13.2.